The minimum absolute atomic E-state index is 0.501. The highest BCUT2D eigenvalue weighted by atomic mass is 35.5. The number of hydrogen-bond acceptors (Lipinski definition) is 4. The lowest BCUT2D eigenvalue weighted by Crippen LogP contribution is -1.95. The summed E-state index contributed by atoms with van der Waals surface area (Å²) in [7, 11) is 1.59. The third kappa shape index (κ3) is 3.61. The van der Waals surface area contributed by atoms with E-state index < -0.39 is 0 Å². The van der Waals surface area contributed by atoms with Gasteiger partial charge in [-0.15, -0.1) is 0 Å². The van der Waals surface area contributed by atoms with E-state index in [2.05, 4.69) is 9.97 Å². The molecule has 0 spiro atoms. The fourth-order valence-corrected chi connectivity index (χ4v) is 3.36. The lowest BCUT2D eigenvalue weighted by atomic mass is 10.2. The molecule has 0 fully saturated rings. The summed E-state index contributed by atoms with van der Waals surface area (Å²) in [6.45, 7) is 0. The molecule has 0 saturated heterocycles. The monoisotopic (exact) mass is 362 g/mol. The van der Waals surface area contributed by atoms with Crippen LogP contribution in [0.2, 0.25) is 10.0 Å². The Balaban J connectivity index is 2.02. The topological polar surface area (TPSA) is 35.0 Å². The molecule has 0 amide bonds. The van der Waals surface area contributed by atoms with E-state index in [1.165, 1.54) is 11.8 Å². The molecule has 0 aliphatic heterocycles. The molecule has 0 aliphatic rings. The van der Waals surface area contributed by atoms with Crippen LogP contribution in [0.25, 0.3) is 11.4 Å². The Labute approximate surface area is 148 Å². The number of halogens is 2. The van der Waals surface area contributed by atoms with Gasteiger partial charge in [-0.1, -0.05) is 71.4 Å². The standard InChI is InChI=1S/C17H12Cl2N2OS/c1-22-13-10-20-16(11-6-3-2-4-7-11)21-17(13)23-14-9-5-8-12(18)15(14)19/h2-10H,1H3. The Morgan fingerprint density at radius 2 is 1.78 bits per heavy atom. The number of methoxy groups -OCH3 is 1. The zero-order valence-corrected chi connectivity index (χ0v) is 14.5. The van der Waals surface area contributed by atoms with Crippen LogP contribution in [0.4, 0.5) is 0 Å². The SMILES string of the molecule is COc1cnc(-c2ccccc2)nc1Sc1cccc(Cl)c1Cl. The van der Waals surface area contributed by atoms with Gasteiger partial charge in [0, 0.05) is 10.5 Å². The summed E-state index contributed by atoms with van der Waals surface area (Å²) in [6, 6.07) is 15.3. The molecule has 116 valence electrons. The van der Waals surface area contributed by atoms with Crippen LogP contribution >= 0.6 is 35.0 Å². The molecule has 0 radical (unpaired) electrons. The first-order valence-corrected chi connectivity index (χ1v) is 8.34. The second kappa shape index (κ2) is 7.21. The molecule has 0 unspecified atom stereocenters. The van der Waals surface area contributed by atoms with Gasteiger partial charge in [-0.2, -0.15) is 0 Å². The predicted molar refractivity (Wildman–Crippen MR) is 94.6 cm³/mol. The van der Waals surface area contributed by atoms with E-state index in [1.807, 2.05) is 42.5 Å². The van der Waals surface area contributed by atoms with Gasteiger partial charge in [0.25, 0.3) is 0 Å². The Morgan fingerprint density at radius 3 is 2.52 bits per heavy atom. The smallest absolute Gasteiger partial charge is 0.169 e. The number of aromatic nitrogens is 2. The quantitative estimate of drug-likeness (QED) is 0.565. The summed E-state index contributed by atoms with van der Waals surface area (Å²) >= 11 is 13.7. The predicted octanol–water partition coefficient (Wildman–Crippen LogP) is 5.61. The van der Waals surface area contributed by atoms with E-state index in [4.69, 9.17) is 27.9 Å². The van der Waals surface area contributed by atoms with Gasteiger partial charge in [-0.05, 0) is 12.1 Å². The fraction of sp³-hybridized carbons (Fsp3) is 0.0588. The molecule has 0 atom stereocenters. The van der Waals surface area contributed by atoms with Crippen molar-refractivity contribution in [3.63, 3.8) is 0 Å². The van der Waals surface area contributed by atoms with E-state index in [9.17, 15) is 0 Å². The maximum atomic E-state index is 6.26. The zero-order valence-electron chi connectivity index (χ0n) is 12.2. The molecule has 3 nitrogen and oxygen atoms in total. The first-order valence-electron chi connectivity index (χ1n) is 6.77. The lowest BCUT2D eigenvalue weighted by Gasteiger charge is -2.10. The fourth-order valence-electron chi connectivity index (χ4n) is 1.96. The molecule has 0 N–H and O–H groups in total. The second-order valence-electron chi connectivity index (χ2n) is 4.59. The second-order valence-corrected chi connectivity index (χ2v) is 6.40. The van der Waals surface area contributed by atoms with Crippen LogP contribution < -0.4 is 4.74 Å². The third-order valence-electron chi connectivity index (χ3n) is 3.10. The highest BCUT2D eigenvalue weighted by Crippen LogP contribution is 2.39. The molecule has 1 heterocycles. The van der Waals surface area contributed by atoms with Gasteiger partial charge in [0.1, 0.15) is 5.03 Å². The molecule has 3 rings (SSSR count). The first-order chi connectivity index (χ1) is 11.2. The van der Waals surface area contributed by atoms with Crippen LogP contribution in [-0.2, 0) is 0 Å². The van der Waals surface area contributed by atoms with Crippen molar-refractivity contribution >= 4 is 35.0 Å². The van der Waals surface area contributed by atoms with Gasteiger partial charge >= 0.3 is 0 Å². The number of benzene rings is 2. The molecular formula is C17H12Cl2N2OS. The van der Waals surface area contributed by atoms with Crippen molar-refractivity contribution in [2.75, 3.05) is 7.11 Å². The van der Waals surface area contributed by atoms with Crippen LogP contribution in [0, 0.1) is 0 Å². The maximum Gasteiger partial charge on any atom is 0.169 e. The van der Waals surface area contributed by atoms with Gasteiger partial charge in [0.15, 0.2) is 11.6 Å². The number of ether oxygens (including phenoxy) is 1. The van der Waals surface area contributed by atoms with Gasteiger partial charge in [0.05, 0.1) is 23.4 Å². The average Bonchev–Trinajstić information content (AvgIpc) is 2.60. The van der Waals surface area contributed by atoms with E-state index in [0.717, 1.165) is 10.5 Å². The first kappa shape index (κ1) is 16.1. The van der Waals surface area contributed by atoms with Gasteiger partial charge in [0.2, 0.25) is 0 Å². The minimum atomic E-state index is 0.501. The molecule has 0 bridgehead atoms. The van der Waals surface area contributed by atoms with E-state index in [0.29, 0.717) is 26.6 Å². The van der Waals surface area contributed by atoms with Gasteiger partial charge in [-0.25, -0.2) is 9.97 Å². The molecule has 1 aromatic heterocycles. The van der Waals surface area contributed by atoms with Crippen molar-refractivity contribution < 1.29 is 4.74 Å². The minimum Gasteiger partial charge on any atom is -0.492 e. The summed E-state index contributed by atoms with van der Waals surface area (Å²) in [5.41, 5.74) is 0.939. The summed E-state index contributed by atoms with van der Waals surface area (Å²) in [5.74, 6) is 1.22. The zero-order chi connectivity index (χ0) is 16.2. The Bertz CT molecular complexity index is 828. The molecule has 2 aromatic carbocycles. The summed E-state index contributed by atoms with van der Waals surface area (Å²) < 4.78 is 5.36. The van der Waals surface area contributed by atoms with Crippen molar-refractivity contribution in [3.8, 4) is 17.1 Å². The van der Waals surface area contributed by atoms with Crippen molar-refractivity contribution in [1.29, 1.82) is 0 Å². The van der Waals surface area contributed by atoms with E-state index in [-0.39, 0.29) is 0 Å². The summed E-state index contributed by atoms with van der Waals surface area (Å²) in [4.78, 5) is 9.77. The average molecular weight is 363 g/mol. The molecule has 23 heavy (non-hydrogen) atoms. The highest BCUT2D eigenvalue weighted by molar-refractivity contribution is 7.99. The largest absolute Gasteiger partial charge is 0.492 e. The highest BCUT2D eigenvalue weighted by Gasteiger charge is 2.13. The molecule has 0 saturated carbocycles. The number of hydrogen-bond donors (Lipinski definition) is 0. The van der Waals surface area contributed by atoms with Crippen LogP contribution in [0.3, 0.4) is 0 Å². The molecule has 6 heteroatoms. The summed E-state index contributed by atoms with van der Waals surface area (Å²) in [5, 5.41) is 1.69. The van der Waals surface area contributed by atoms with E-state index in [1.54, 1.807) is 19.4 Å². The third-order valence-corrected chi connectivity index (χ3v) is 5.07. The summed E-state index contributed by atoms with van der Waals surface area (Å²) in [6.07, 6.45) is 1.66. The Hall–Kier alpha value is -1.75. The lowest BCUT2D eigenvalue weighted by molar-refractivity contribution is 0.398. The Morgan fingerprint density at radius 1 is 1.00 bits per heavy atom. The van der Waals surface area contributed by atoms with Gasteiger partial charge < -0.3 is 4.74 Å². The van der Waals surface area contributed by atoms with Crippen LogP contribution in [-0.4, -0.2) is 17.1 Å². The van der Waals surface area contributed by atoms with Crippen molar-refractivity contribution in [2.45, 2.75) is 9.92 Å². The normalized spacial score (nSPS) is 10.6. The Kier molecular flexibility index (Phi) is 5.06. The van der Waals surface area contributed by atoms with Crippen molar-refractivity contribution in [3.05, 3.63) is 64.8 Å². The maximum absolute atomic E-state index is 6.26. The van der Waals surface area contributed by atoms with Crippen molar-refractivity contribution in [1.82, 2.24) is 9.97 Å². The number of rotatable bonds is 4. The van der Waals surface area contributed by atoms with Crippen LogP contribution in [0.15, 0.2) is 64.6 Å². The molecule has 3 aromatic rings. The van der Waals surface area contributed by atoms with E-state index >= 15 is 0 Å². The van der Waals surface area contributed by atoms with Crippen LogP contribution in [0.5, 0.6) is 5.75 Å². The molecular weight excluding hydrogens is 351 g/mol. The van der Waals surface area contributed by atoms with Crippen LogP contribution in [0.1, 0.15) is 0 Å². The van der Waals surface area contributed by atoms with Crippen molar-refractivity contribution in [2.24, 2.45) is 0 Å². The number of nitrogens with zero attached hydrogens (tertiary/aromatic N) is 2. The van der Waals surface area contributed by atoms with Gasteiger partial charge in [-0.3, -0.25) is 0 Å². The molecule has 0 aliphatic carbocycles.